The van der Waals surface area contributed by atoms with Crippen LogP contribution in [0.25, 0.3) is 0 Å². The molecule has 1 rings (SSSR count). The van der Waals surface area contributed by atoms with Crippen LogP contribution in [-0.4, -0.2) is 54.5 Å². The Balaban J connectivity index is 2.38. The predicted molar refractivity (Wildman–Crippen MR) is 89.1 cm³/mol. The van der Waals surface area contributed by atoms with Crippen molar-refractivity contribution in [2.75, 3.05) is 20.2 Å². The lowest BCUT2D eigenvalue weighted by Gasteiger charge is -2.29. The summed E-state index contributed by atoms with van der Waals surface area (Å²) in [6.07, 6.45) is 2.91. The van der Waals surface area contributed by atoms with Gasteiger partial charge in [0, 0.05) is 32.3 Å². The molecular formula is C17H34N2O3. The molecule has 22 heavy (non-hydrogen) atoms. The molecule has 1 unspecified atom stereocenters. The van der Waals surface area contributed by atoms with Gasteiger partial charge in [-0.05, 0) is 60.8 Å². The molecule has 130 valence electrons. The van der Waals surface area contributed by atoms with Gasteiger partial charge in [0.1, 0.15) is 5.60 Å². The Kier molecular flexibility index (Phi) is 6.68. The molecule has 0 aromatic rings. The number of carbonyl (C=O) groups excluding carboxylic acids is 1. The van der Waals surface area contributed by atoms with E-state index in [4.69, 9.17) is 9.47 Å². The van der Waals surface area contributed by atoms with Crippen LogP contribution in [0, 0.1) is 0 Å². The van der Waals surface area contributed by atoms with Crippen molar-refractivity contribution in [3.63, 3.8) is 0 Å². The van der Waals surface area contributed by atoms with Gasteiger partial charge in [-0.2, -0.15) is 0 Å². The van der Waals surface area contributed by atoms with Crippen molar-refractivity contribution >= 4 is 6.09 Å². The van der Waals surface area contributed by atoms with Crippen LogP contribution in [0.3, 0.4) is 0 Å². The van der Waals surface area contributed by atoms with E-state index in [9.17, 15) is 4.79 Å². The molecule has 1 N–H and O–H groups in total. The summed E-state index contributed by atoms with van der Waals surface area (Å²) in [4.78, 5) is 14.1. The van der Waals surface area contributed by atoms with Gasteiger partial charge in [0.15, 0.2) is 0 Å². The number of hydrogen-bond donors (Lipinski definition) is 1. The molecule has 1 amide bonds. The molecule has 0 saturated heterocycles. The largest absolute Gasteiger partial charge is 0.444 e. The molecule has 0 spiro atoms. The average Bonchev–Trinajstić information content (AvgIpc) is 3.16. The van der Waals surface area contributed by atoms with Gasteiger partial charge in [-0.25, -0.2) is 4.79 Å². The molecule has 1 aliphatic carbocycles. The van der Waals surface area contributed by atoms with E-state index in [0.717, 1.165) is 25.8 Å². The number of hydrogen-bond acceptors (Lipinski definition) is 4. The molecule has 1 saturated carbocycles. The zero-order valence-corrected chi connectivity index (χ0v) is 15.4. The van der Waals surface area contributed by atoms with E-state index in [1.165, 1.54) is 0 Å². The fraction of sp³-hybridized carbons (Fsp3) is 0.941. The van der Waals surface area contributed by atoms with E-state index in [1.54, 1.807) is 7.11 Å². The van der Waals surface area contributed by atoms with Crippen molar-refractivity contribution in [3.05, 3.63) is 0 Å². The number of rotatable bonds is 8. The fourth-order valence-electron chi connectivity index (χ4n) is 2.45. The molecule has 1 aliphatic rings. The zero-order chi connectivity index (χ0) is 17.0. The minimum absolute atomic E-state index is 0.131. The Hall–Kier alpha value is -0.810. The first-order valence-electron chi connectivity index (χ1n) is 8.32. The van der Waals surface area contributed by atoms with Crippen molar-refractivity contribution < 1.29 is 14.3 Å². The molecular weight excluding hydrogens is 280 g/mol. The van der Waals surface area contributed by atoms with Gasteiger partial charge in [-0.15, -0.1) is 0 Å². The molecule has 5 nitrogen and oxygen atoms in total. The van der Waals surface area contributed by atoms with E-state index >= 15 is 0 Å². The van der Waals surface area contributed by atoms with Gasteiger partial charge in [0.2, 0.25) is 0 Å². The highest BCUT2D eigenvalue weighted by Crippen LogP contribution is 2.28. The fourth-order valence-corrected chi connectivity index (χ4v) is 2.45. The summed E-state index contributed by atoms with van der Waals surface area (Å²) in [6.45, 7) is 13.5. The molecule has 0 aliphatic heterocycles. The zero-order valence-electron chi connectivity index (χ0n) is 15.4. The SMILES string of the molecule is COC(C)(C)CC(C)NCCN(C(=O)OC(C)(C)C)C1CC1. The van der Waals surface area contributed by atoms with Crippen LogP contribution in [0.4, 0.5) is 4.79 Å². The van der Waals surface area contributed by atoms with Crippen LogP contribution >= 0.6 is 0 Å². The maximum Gasteiger partial charge on any atom is 0.410 e. The molecule has 0 bridgehead atoms. The van der Waals surface area contributed by atoms with Gasteiger partial charge < -0.3 is 19.7 Å². The first kappa shape index (κ1) is 19.2. The number of amides is 1. The average molecular weight is 314 g/mol. The third-order valence-corrected chi connectivity index (χ3v) is 3.81. The minimum Gasteiger partial charge on any atom is -0.444 e. The number of carbonyl (C=O) groups is 1. The van der Waals surface area contributed by atoms with Crippen LogP contribution in [0.5, 0.6) is 0 Å². The lowest BCUT2D eigenvalue weighted by Crippen LogP contribution is -2.44. The van der Waals surface area contributed by atoms with E-state index < -0.39 is 5.60 Å². The Morgan fingerprint density at radius 2 is 1.86 bits per heavy atom. The van der Waals surface area contributed by atoms with Crippen molar-refractivity contribution in [3.8, 4) is 0 Å². The normalized spacial score (nSPS) is 17.2. The highest BCUT2D eigenvalue weighted by molar-refractivity contribution is 5.69. The predicted octanol–water partition coefficient (Wildman–Crippen LogP) is 3.18. The number of ether oxygens (including phenoxy) is 2. The maximum absolute atomic E-state index is 12.2. The first-order valence-corrected chi connectivity index (χ1v) is 8.32. The molecule has 0 aromatic carbocycles. The van der Waals surface area contributed by atoms with Crippen LogP contribution in [0.15, 0.2) is 0 Å². The Bertz CT molecular complexity index is 359. The van der Waals surface area contributed by atoms with E-state index in [2.05, 4.69) is 26.1 Å². The first-order chi connectivity index (χ1) is 10.0. The van der Waals surface area contributed by atoms with Gasteiger partial charge in [0.25, 0.3) is 0 Å². The third-order valence-electron chi connectivity index (χ3n) is 3.81. The molecule has 0 radical (unpaired) electrons. The summed E-state index contributed by atoms with van der Waals surface area (Å²) in [5.41, 5.74) is -0.568. The second-order valence-corrected chi connectivity index (χ2v) is 7.93. The quantitative estimate of drug-likeness (QED) is 0.747. The number of nitrogens with one attached hydrogen (secondary N) is 1. The topological polar surface area (TPSA) is 50.8 Å². The van der Waals surface area contributed by atoms with Crippen LogP contribution in [0.2, 0.25) is 0 Å². The summed E-state index contributed by atoms with van der Waals surface area (Å²) in [5, 5.41) is 3.47. The molecule has 1 atom stereocenters. The summed E-state index contributed by atoms with van der Waals surface area (Å²) in [6, 6.07) is 0.706. The second kappa shape index (κ2) is 7.64. The van der Waals surface area contributed by atoms with Gasteiger partial charge in [-0.1, -0.05) is 0 Å². The Labute approximate surface area is 135 Å². The summed E-state index contributed by atoms with van der Waals surface area (Å²) in [5.74, 6) is 0. The second-order valence-electron chi connectivity index (χ2n) is 7.93. The summed E-state index contributed by atoms with van der Waals surface area (Å²) >= 11 is 0. The number of nitrogens with zero attached hydrogens (tertiary/aromatic N) is 1. The molecule has 1 fully saturated rings. The van der Waals surface area contributed by atoms with E-state index in [-0.39, 0.29) is 11.7 Å². The van der Waals surface area contributed by atoms with Gasteiger partial charge in [-0.3, -0.25) is 0 Å². The monoisotopic (exact) mass is 314 g/mol. The number of methoxy groups -OCH3 is 1. The lowest BCUT2D eigenvalue weighted by molar-refractivity contribution is 0.00756. The van der Waals surface area contributed by atoms with Gasteiger partial charge in [0.05, 0.1) is 5.60 Å². The van der Waals surface area contributed by atoms with Crippen LogP contribution in [0.1, 0.15) is 60.8 Å². The van der Waals surface area contributed by atoms with Crippen molar-refractivity contribution in [1.29, 1.82) is 0 Å². The highest BCUT2D eigenvalue weighted by Gasteiger charge is 2.34. The van der Waals surface area contributed by atoms with E-state index in [1.807, 2.05) is 25.7 Å². The Morgan fingerprint density at radius 1 is 1.27 bits per heavy atom. The molecule has 5 heteroatoms. The van der Waals surface area contributed by atoms with E-state index in [0.29, 0.717) is 18.6 Å². The van der Waals surface area contributed by atoms with Crippen molar-refractivity contribution in [2.45, 2.75) is 84.1 Å². The Morgan fingerprint density at radius 3 is 2.32 bits per heavy atom. The lowest BCUT2D eigenvalue weighted by atomic mass is 10.00. The smallest absolute Gasteiger partial charge is 0.410 e. The third kappa shape index (κ3) is 7.45. The summed E-state index contributed by atoms with van der Waals surface area (Å²) in [7, 11) is 1.74. The van der Waals surface area contributed by atoms with Crippen LogP contribution < -0.4 is 5.32 Å². The minimum atomic E-state index is -0.437. The van der Waals surface area contributed by atoms with Crippen molar-refractivity contribution in [2.24, 2.45) is 0 Å². The molecule has 0 aromatic heterocycles. The standard InChI is InChI=1S/C17H34N2O3/c1-13(12-17(5,6)21-7)18-10-11-19(14-8-9-14)15(20)22-16(2,3)4/h13-14,18H,8-12H2,1-7H3. The van der Waals surface area contributed by atoms with Crippen molar-refractivity contribution in [1.82, 2.24) is 10.2 Å². The maximum atomic E-state index is 12.2. The molecule has 0 heterocycles. The van der Waals surface area contributed by atoms with Crippen LogP contribution in [-0.2, 0) is 9.47 Å². The highest BCUT2D eigenvalue weighted by atomic mass is 16.6. The van der Waals surface area contributed by atoms with Gasteiger partial charge >= 0.3 is 6.09 Å². The summed E-state index contributed by atoms with van der Waals surface area (Å²) < 4.78 is 10.9.